The van der Waals surface area contributed by atoms with E-state index in [4.69, 9.17) is 4.74 Å². The zero-order chi connectivity index (χ0) is 21.1. The van der Waals surface area contributed by atoms with E-state index in [0.29, 0.717) is 18.9 Å². The van der Waals surface area contributed by atoms with Gasteiger partial charge in [-0.2, -0.15) is 4.31 Å². The SMILES string of the molecule is COc1cccc(-c2ccc(N3CCN(S(=O)(=O)c4cccc(F)c4)CC3)nn2)c1. The predicted molar refractivity (Wildman–Crippen MR) is 111 cm³/mol. The molecule has 7 nitrogen and oxygen atoms in total. The number of anilines is 1. The molecule has 2 aromatic carbocycles. The summed E-state index contributed by atoms with van der Waals surface area (Å²) in [5, 5.41) is 8.61. The maximum Gasteiger partial charge on any atom is 0.243 e. The molecule has 0 amide bonds. The van der Waals surface area contributed by atoms with Crippen molar-refractivity contribution in [3.63, 3.8) is 0 Å². The van der Waals surface area contributed by atoms with Crippen molar-refractivity contribution in [2.75, 3.05) is 38.2 Å². The molecule has 3 aromatic rings. The molecule has 0 unspecified atom stereocenters. The van der Waals surface area contributed by atoms with E-state index in [1.807, 2.05) is 41.3 Å². The largest absolute Gasteiger partial charge is 0.497 e. The maximum absolute atomic E-state index is 13.4. The third kappa shape index (κ3) is 4.12. The van der Waals surface area contributed by atoms with Gasteiger partial charge in [0.1, 0.15) is 11.6 Å². The molecule has 1 fully saturated rings. The second-order valence-corrected chi connectivity index (χ2v) is 8.80. The Morgan fingerprint density at radius 3 is 2.37 bits per heavy atom. The summed E-state index contributed by atoms with van der Waals surface area (Å²) in [6, 6.07) is 16.4. The van der Waals surface area contributed by atoms with Gasteiger partial charge in [0.05, 0.1) is 17.7 Å². The summed E-state index contributed by atoms with van der Waals surface area (Å²) < 4.78 is 45.5. The molecule has 0 N–H and O–H groups in total. The number of aromatic nitrogens is 2. The van der Waals surface area contributed by atoms with Crippen LogP contribution in [0.25, 0.3) is 11.3 Å². The van der Waals surface area contributed by atoms with Crippen LogP contribution in [0.1, 0.15) is 0 Å². The molecule has 2 heterocycles. The number of hydrogen-bond donors (Lipinski definition) is 0. The number of hydrogen-bond acceptors (Lipinski definition) is 6. The van der Waals surface area contributed by atoms with Crippen LogP contribution in [0.3, 0.4) is 0 Å². The van der Waals surface area contributed by atoms with Crippen molar-refractivity contribution >= 4 is 15.8 Å². The van der Waals surface area contributed by atoms with Crippen molar-refractivity contribution < 1.29 is 17.5 Å². The molecule has 4 rings (SSSR count). The van der Waals surface area contributed by atoms with Gasteiger partial charge in [0.2, 0.25) is 10.0 Å². The lowest BCUT2D eigenvalue weighted by molar-refractivity contribution is 0.383. The summed E-state index contributed by atoms with van der Waals surface area (Å²) in [4.78, 5) is 1.96. The normalized spacial score (nSPS) is 15.2. The molecule has 1 aliphatic rings. The van der Waals surface area contributed by atoms with Crippen molar-refractivity contribution in [3.8, 4) is 17.0 Å². The third-order valence-electron chi connectivity index (χ3n) is 5.01. The van der Waals surface area contributed by atoms with E-state index in [-0.39, 0.29) is 18.0 Å². The number of ether oxygens (including phenoxy) is 1. The average molecular weight is 428 g/mol. The average Bonchev–Trinajstić information content (AvgIpc) is 2.79. The minimum atomic E-state index is -3.72. The van der Waals surface area contributed by atoms with E-state index in [9.17, 15) is 12.8 Å². The van der Waals surface area contributed by atoms with Crippen LogP contribution in [0.4, 0.5) is 10.2 Å². The Bertz CT molecular complexity index is 1130. The lowest BCUT2D eigenvalue weighted by atomic mass is 10.1. The molecule has 0 aliphatic carbocycles. The van der Waals surface area contributed by atoms with Gasteiger partial charge < -0.3 is 9.64 Å². The van der Waals surface area contributed by atoms with Gasteiger partial charge in [-0.05, 0) is 42.5 Å². The first kappa shape index (κ1) is 20.2. The van der Waals surface area contributed by atoms with E-state index in [1.165, 1.54) is 22.5 Å². The van der Waals surface area contributed by atoms with E-state index in [2.05, 4.69) is 10.2 Å². The molecule has 156 valence electrons. The van der Waals surface area contributed by atoms with Crippen molar-refractivity contribution in [1.29, 1.82) is 0 Å². The summed E-state index contributed by atoms with van der Waals surface area (Å²) >= 11 is 0. The molecule has 0 spiro atoms. The summed E-state index contributed by atoms with van der Waals surface area (Å²) in [6.07, 6.45) is 0. The van der Waals surface area contributed by atoms with Crippen molar-refractivity contribution in [3.05, 3.63) is 66.5 Å². The highest BCUT2D eigenvalue weighted by molar-refractivity contribution is 7.89. The minimum Gasteiger partial charge on any atom is -0.497 e. The summed E-state index contributed by atoms with van der Waals surface area (Å²) in [7, 11) is -2.11. The minimum absolute atomic E-state index is 0.0293. The third-order valence-corrected chi connectivity index (χ3v) is 6.91. The molecule has 0 radical (unpaired) electrons. The number of rotatable bonds is 5. The number of halogens is 1. The molecular weight excluding hydrogens is 407 g/mol. The fourth-order valence-electron chi connectivity index (χ4n) is 3.36. The highest BCUT2D eigenvalue weighted by Gasteiger charge is 2.29. The van der Waals surface area contributed by atoms with Crippen molar-refractivity contribution in [2.45, 2.75) is 4.90 Å². The first-order valence-electron chi connectivity index (χ1n) is 9.46. The molecule has 30 heavy (non-hydrogen) atoms. The van der Waals surface area contributed by atoms with Gasteiger partial charge in [0.25, 0.3) is 0 Å². The Hall–Kier alpha value is -3.04. The van der Waals surface area contributed by atoms with Crippen molar-refractivity contribution in [1.82, 2.24) is 14.5 Å². The molecular formula is C21H21FN4O3S. The monoisotopic (exact) mass is 428 g/mol. The van der Waals surface area contributed by atoms with Gasteiger partial charge in [-0.25, -0.2) is 12.8 Å². The molecule has 1 saturated heterocycles. The number of methoxy groups -OCH3 is 1. The van der Waals surface area contributed by atoms with Crippen LogP contribution in [-0.4, -0.2) is 56.2 Å². The Labute approximate surface area is 174 Å². The molecule has 1 aromatic heterocycles. The fourth-order valence-corrected chi connectivity index (χ4v) is 4.82. The quantitative estimate of drug-likeness (QED) is 0.622. The van der Waals surface area contributed by atoms with Gasteiger partial charge in [-0.3, -0.25) is 0 Å². The maximum atomic E-state index is 13.4. The van der Waals surface area contributed by atoms with Gasteiger partial charge >= 0.3 is 0 Å². The lowest BCUT2D eigenvalue weighted by Gasteiger charge is -2.34. The number of piperazine rings is 1. The van der Waals surface area contributed by atoms with E-state index in [0.717, 1.165) is 23.1 Å². The first-order chi connectivity index (χ1) is 14.5. The van der Waals surface area contributed by atoms with Crippen LogP contribution in [0, 0.1) is 5.82 Å². The van der Waals surface area contributed by atoms with Crippen LogP contribution >= 0.6 is 0 Å². The summed E-state index contributed by atoms with van der Waals surface area (Å²) in [6.45, 7) is 1.53. The zero-order valence-corrected chi connectivity index (χ0v) is 17.2. The van der Waals surface area contributed by atoms with Crippen molar-refractivity contribution in [2.24, 2.45) is 0 Å². The number of sulfonamides is 1. The highest BCUT2D eigenvalue weighted by atomic mass is 32.2. The lowest BCUT2D eigenvalue weighted by Crippen LogP contribution is -2.49. The molecule has 0 bridgehead atoms. The van der Waals surface area contributed by atoms with E-state index >= 15 is 0 Å². The Balaban J connectivity index is 1.44. The smallest absolute Gasteiger partial charge is 0.243 e. The van der Waals surface area contributed by atoms with E-state index in [1.54, 1.807) is 7.11 Å². The zero-order valence-electron chi connectivity index (χ0n) is 16.4. The Kier molecular flexibility index (Phi) is 5.65. The number of nitrogens with zero attached hydrogens (tertiary/aromatic N) is 4. The predicted octanol–water partition coefficient (Wildman–Crippen LogP) is 2.80. The van der Waals surface area contributed by atoms with Crippen LogP contribution < -0.4 is 9.64 Å². The second kappa shape index (κ2) is 8.37. The van der Waals surface area contributed by atoms with Gasteiger partial charge in [0.15, 0.2) is 5.82 Å². The Morgan fingerprint density at radius 1 is 0.933 bits per heavy atom. The topological polar surface area (TPSA) is 75.6 Å². The van der Waals surface area contributed by atoms with Crippen LogP contribution in [0.2, 0.25) is 0 Å². The molecule has 0 saturated carbocycles. The Morgan fingerprint density at radius 2 is 1.70 bits per heavy atom. The van der Waals surface area contributed by atoms with Gasteiger partial charge in [0, 0.05) is 31.7 Å². The fraction of sp³-hybridized carbons (Fsp3) is 0.238. The number of benzene rings is 2. The van der Waals surface area contributed by atoms with Crippen LogP contribution in [0.5, 0.6) is 5.75 Å². The molecule has 9 heteroatoms. The van der Waals surface area contributed by atoms with Gasteiger partial charge in [-0.1, -0.05) is 18.2 Å². The molecule has 1 aliphatic heterocycles. The summed E-state index contributed by atoms with van der Waals surface area (Å²) in [5.74, 6) is 0.861. The first-order valence-corrected chi connectivity index (χ1v) is 10.9. The molecule has 0 atom stereocenters. The highest BCUT2D eigenvalue weighted by Crippen LogP contribution is 2.24. The van der Waals surface area contributed by atoms with Crippen LogP contribution in [0.15, 0.2) is 65.6 Å². The van der Waals surface area contributed by atoms with Gasteiger partial charge in [-0.15, -0.1) is 10.2 Å². The van der Waals surface area contributed by atoms with Crippen LogP contribution in [-0.2, 0) is 10.0 Å². The standard InChI is InChI=1S/C21H21FN4O3S/c1-29-18-6-2-4-16(14-18)20-8-9-21(24-23-20)25-10-12-26(13-11-25)30(27,28)19-7-3-5-17(22)15-19/h2-9,14-15H,10-13H2,1H3. The van der Waals surface area contributed by atoms with E-state index < -0.39 is 15.8 Å². The second-order valence-electron chi connectivity index (χ2n) is 6.86. The summed E-state index contributed by atoms with van der Waals surface area (Å²) in [5.41, 5.74) is 1.63.